The molecule has 4 rings (SSSR count). The van der Waals surface area contributed by atoms with E-state index in [4.69, 9.17) is 0 Å². The van der Waals surface area contributed by atoms with Crippen molar-refractivity contribution in [1.82, 2.24) is 0 Å². The minimum atomic E-state index is 0.162. The number of hydrogen-bond donors (Lipinski definition) is 0. The molecular weight excluding hydrogens is 464 g/mol. The zero-order chi connectivity index (χ0) is 23.1. The molecule has 0 N–H and O–H groups in total. The second kappa shape index (κ2) is 11.7. The van der Waals surface area contributed by atoms with Crippen LogP contribution in [0.25, 0.3) is 21.9 Å². The molecule has 0 bridgehead atoms. The maximum absolute atomic E-state index is 3.96. The summed E-state index contributed by atoms with van der Waals surface area (Å²) in [6.07, 6.45) is 17.5. The Morgan fingerprint density at radius 3 is 1.82 bits per heavy atom. The summed E-state index contributed by atoms with van der Waals surface area (Å²) in [5.41, 5.74) is 6.32. The summed E-state index contributed by atoms with van der Waals surface area (Å²) >= 11 is 3.96. The molecule has 1 unspecified atom stereocenters. The molecule has 1 heteroatoms. The van der Waals surface area contributed by atoms with Crippen LogP contribution in [-0.4, -0.2) is 0 Å². The monoisotopic (exact) mass is 504 g/mol. The van der Waals surface area contributed by atoms with Crippen LogP contribution in [0.3, 0.4) is 0 Å². The fourth-order valence-electron chi connectivity index (χ4n) is 6.16. The third kappa shape index (κ3) is 5.09. The Morgan fingerprint density at radius 2 is 1.15 bits per heavy atom. The van der Waals surface area contributed by atoms with Gasteiger partial charge in [0, 0.05) is 9.89 Å². The van der Waals surface area contributed by atoms with Crippen LogP contribution in [0.5, 0.6) is 0 Å². The third-order valence-electron chi connectivity index (χ3n) is 7.89. The fraction of sp³-hybridized carbons (Fsp3) is 0.500. The van der Waals surface area contributed by atoms with E-state index in [1.54, 1.807) is 11.1 Å². The highest BCUT2D eigenvalue weighted by Crippen LogP contribution is 2.57. The van der Waals surface area contributed by atoms with Crippen LogP contribution in [0.15, 0.2) is 59.1 Å². The van der Waals surface area contributed by atoms with E-state index in [9.17, 15) is 0 Å². The van der Waals surface area contributed by atoms with Gasteiger partial charge in [-0.05, 0) is 51.9 Å². The van der Waals surface area contributed by atoms with Gasteiger partial charge >= 0.3 is 0 Å². The van der Waals surface area contributed by atoms with Gasteiger partial charge in [0.05, 0.1) is 0 Å². The summed E-state index contributed by atoms with van der Waals surface area (Å²) in [6.45, 7) is 4.62. The normalized spacial score (nSPS) is 16.8. The van der Waals surface area contributed by atoms with Crippen LogP contribution >= 0.6 is 15.9 Å². The molecule has 0 heterocycles. The summed E-state index contributed by atoms with van der Waals surface area (Å²) in [6, 6.07) is 20.8. The number of halogens is 1. The van der Waals surface area contributed by atoms with Gasteiger partial charge in [-0.3, -0.25) is 0 Å². The first-order chi connectivity index (χ1) is 16.2. The van der Waals surface area contributed by atoms with Crippen LogP contribution in [0, 0.1) is 0 Å². The molecule has 1 aliphatic rings. The van der Waals surface area contributed by atoms with E-state index in [0.29, 0.717) is 0 Å². The Kier molecular flexibility index (Phi) is 8.69. The molecule has 0 aromatic heterocycles. The smallest absolute Gasteiger partial charge is 0.0257 e. The van der Waals surface area contributed by atoms with Crippen LogP contribution < -0.4 is 0 Å². The topological polar surface area (TPSA) is 0 Å². The first-order valence-electron chi connectivity index (χ1n) is 13.5. The second-order valence-electron chi connectivity index (χ2n) is 10.1. The lowest BCUT2D eigenvalue weighted by molar-refractivity contribution is 0.398. The summed E-state index contributed by atoms with van der Waals surface area (Å²) in [4.78, 5) is 0. The first-order valence-corrected chi connectivity index (χ1v) is 14.3. The quantitative estimate of drug-likeness (QED) is 0.203. The molecular formula is C32H41Br. The van der Waals surface area contributed by atoms with Gasteiger partial charge in [-0.25, -0.2) is 0 Å². The minimum absolute atomic E-state index is 0.162. The maximum Gasteiger partial charge on any atom is 0.0257 e. The number of hydrogen-bond acceptors (Lipinski definition) is 0. The van der Waals surface area contributed by atoms with E-state index in [-0.39, 0.29) is 5.41 Å². The van der Waals surface area contributed by atoms with Crippen LogP contribution in [0.4, 0.5) is 0 Å². The lowest BCUT2D eigenvalue weighted by atomic mass is 9.70. The molecule has 1 atom stereocenters. The average Bonchev–Trinajstić information content (AvgIpc) is 3.11. The number of fused-ring (bicyclic) bond motifs is 5. The van der Waals surface area contributed by atoms with Crippen LogP contribution in [-0.2, 0) is 5.41 Å². The molecule has 0 saturated carbocycles. The highest BCUT2D eigenvalue weighted by Gasteiger charge is 2.43. The van der Waals surface area contributed by atoms with Crippen molar-refractivity contribution in [3.63, 3.8) is 0 Å². The van der Waals surface area contributed by atoms with Gasteiger partial charge in [0.25, 0.3) is 0 Å². The Morgan fingerprint density at radius 1 is 0.606 bits per heavy atom. The highest BCUT2D eigenvalue weighted by atomic mass is 79.9. The third-order valence-corrected chi connectivity index (χ3v) is 8.54. The van der Waals surface area contributed by atoms with Gasteiger partial charge in [0.15, 0.2) is 0 Å². The van der Waals surface area contributed by atoms with Gasteiger partial charge < -0.3 is 0 Å². The molecule has 176 valence electrons. The van der Waals surface area contributed by atoms with Gasteiger partial charge in [-0.2, -0.15) is 0 Å². The van der Waals surface area contributed by atoms with E-state index in [0.717, 1.165) is 0 Å². The lowest BCUT2D eigenvalue weighted by Gasteiger charge is -2.33. The van der Waals surface area contributed by atoms with Crippen molar-refractivity contribution in [3.8, 4) is 11.1 Å². The van der Waals surface area contributed by atoms with Crippen molar-refractivity contribution in [3.05, 3.63) is 70.2 Å². The van der Waals surface area contributed by atoms with Crippen molar-refractivity contribution in [2.24, 2.45) is 0 Å². The number of rotatable bonds is 13. The van der Waals surface area contributed by atoms with E-state index in [2.05, 4.69) is 84.4 Å². The molecule has 3 aromatic rings. The number of benzene rings is 3. The highest BCUT2D eigenvalue weighted by molar-refractivity contribution is 9.10. The SMILES string of the molecule is CCCCCCCCC1(CCCCCCC)c2ccccc2-c2c1cc(Br)c1ccccc21. The summed E-state index contributed by atoms with van der Waals surface area (Å²) in [5, 5.41) is 2.74. The molecule has 1 aliphatic carbocycles. The Labute approximate surface area is 210 Å². The Hall–Kier alpha value is -1.60. The van der Waals surface area contributed by atoms with Crippen molar-refractivity contribution < 1.29 is 0 Å². The van der Waals surface area contributed by atoms with E-state index in [1.165, 1.54) is 110 Å². The molecule has 0 aliphatic heterocycles. The largest absolute Gasteiger partial charge is 0.0654 e. The summed E-state index contributed by atoms with van der Waals surface area (Å²) < 4.78 is 1.25. The molecule has 33 heavy (non-hydrogen) atoms. The predicted molar refractivity (Wildman–Crippen MR) is 149 cm³/mol. The molecule has 0 radical (unpaired) electrons. The predicted octanol–water partition coefficient (Wildman–Crippen LogP) is 11.0. The standard InChI is InChI=1S/C32H41Br/c1-3-5-7-9-11-17-23-32(22-16-10-8-6-4-2)28-21-15-14-20-27(28)31-26-19-13-12-18-25(26)30(33)24-29(31)32/h12-15,18-21,24H,3-11,16-17,22-23H2,1-2H3. The lowest BCUT2D eigenvalue weighted by Crippen LogP contribution is -2.25. The number of unbranched alkanes of at least 4 members (excludes halogenated alkanes) is 9. The second-order valence-corrected chi connectivity index (χ2v) is 11.0. The summed E-state index contributed by atoms with van der Waals surface area (Å²) in [7, 11) is 0. The van der Waals surface area contributed by atoms with Gasteiger partial charge in [-0.1, -0.05) is 149 Å². The molecule has 0 spiro atoms. The van der Waals surface area contributed by atoms with Gasteiger partial charge in [0.2, 0.25) is 0 Å². The van der Waals surface area contributed by atoms with E-state index < -0.39 is 0 Å². The Bertz CT molecular complexity index is 1050. The van der Waals surface area contributed by atoms with Crippen molar-refractivity contribution in [2.75, 3.05) is 0 Å². The van der Waals surface area contributed by atoms with Crippen molar-refractivity contribution >= 4 is 26.7 Å². The van der Waals surface area contributed by atoms with Crippen molar-refractivity contribution in [1.29, 1.82) is 0 Å². The van der Waals surface area contributed by atoms with Crippen LogP contribution in [0.2, 0.25) is 0 Å². The minimum Gasteiger partial charge on any atom is -0.0654 e. The molecule has 3 aromatic carbocycles. The molecule has 0 amide bonds. The van der Waals surface area contributed by atoms with Crippen LogP contribution in [0.1, 0.15) is 108 Å². The fourth-order valence-corrected chi connectivity index (χ4v) is 6.74. The molecule has 0 saturated heterocycles. The van der Waals surface area contributed by atoms with E-state index >= 15 is 0 Å². The van der Waals surface area contributed by atoms with Gasteiger partial charge in [-0.15, -0.1) is 0 Å². The summed E-state index contributed by atoms with van der Waals surface area (Å²) in [5.74, 6) is 0. The molecule has 0 nitrogen and oxygen atoms in total. The molecule has 0 fully saturated rings. The zero-order valence-corrected chi connectivity index (χ0v) is 22.4. The Balaban J connectivity index is 1.73. The first kappa shape index (κ1) is 24.5. The zero-order valence-electron chi connectivity index (χ0n) is 20.8. The average molecular weight is 506 g/mol. The van der Waals surface area contributed by atoms with Gasteiger partial charge in [0.1, 0.15) is 0 Å². The van der Waals surface area contributed by atoms with E-state index in [1.807, 2.05) is 0 Å². The maximum atomic E-state index is 3.96. The van der Waals surface area contributed by atoms with Crippen molar-refractivity contribution in [2.45, 2.75) is 103 Å².